The molecule has 0 saturated heterocycles. The predicted molar refractivity (Wildman–Crippen MR) is 110 cm³/mol. The lowest BCUT2D eigenvalue weighted by molar-refractivity contribution is -0.139. The Labute approximate surface area is 182 Å². The van der Waals surface area contributed by atoms with E-state index in [0.717, 1.165) is 0 Å². The van der Waals surface area contributed by atoms with Crippen molar-refractivity contribution in [2.24, 2.45) is 33.7 Å². The van der Waals surface area contributed by atoms with Crippen LogP contribution in [-0.4, -0.2) is 77.8 Å². The summed E-state index contributed by atoms with van der Waals surface area (Å²) < 4.78 is 0. The van der Waals surface area contributed by atoms with E-state index in [1.54, 1.807) is 0 Å². The smallest absolute Gasteiger partial charge is 0.322 e. The third-order valence-corrected chi connectivity index (χ3v) is 3.79. The van der Waals surface area contributed by atoms with Crippen LogP contribution in [-0.2, 0) is 28.8 Å². The molecule has 3 atom stereocenters. The van der Waals surface area contributed by atoms with Gasteiger partial charge in [-0.15, -0.1) is 0 Å². The summed E-state index contributed by atoms with van der Waals surface area (Å²) in [6, 6.07) is -4.15. The van der Waals surface area contributed by atoms with Crippen molar-refractivity contribution in [3.63, 3.8) is 0 Å². The molecule has 0 aliphatic rings. The number of carboxylic acids is 1. The summed E-state index contributed by atoms with van der Waals surface area (Å²) >= 11 is 0. The van der Waals surface area contributed by atoms with E-state index in [-0.39, 0.29) is 18.9 Å². The number of aliphatic carboxylic acids is 1. The molecule has 0 aromatic heterocycles. The van der Waals surface area contributed by atoms with Crippen LogP contribution in [0.3, 0.4) is 0 Å². The molecule has 16 nitrogen and oxygen atoms in total. The second-order valence-electron chi connectivity index (χ2n) is 6.63. The number of amides is 5. The molecule has 5 amide bonds. The first-order valence-corrected chi connectivity index (χ1v) is 9.31. The Hall–Kier alpha value is -3.95. The second-order valence-corrected chi connectivity index (χ2v) is 6.63. The van der Waals surface area contributed by atoms with Crippen LogP contribution in [0.1, 0.15) is 25.7 Å². The molecule has 0 bridgehead atoms. The van der Waals surface area contributed by atoms with Crippen molar-refractivity contribution < 1.29 is 33.9 Å². The minimum Gasteiger partial charge on any atom is -0.480 e. The van der Waals surface area contributed by atoms with Crippen molar-refractivity contribution in [3.8, 4) is 0 Å². The summed E-state index contributed by atoms with van der Waals surface area (Å²) in [5, 5.41) is 15.0. The number of aliphatic imine (C=N–C) groups is 1. The predicted octanol–water partition coefficient (Wildman–Crippen LogP) is -5.71. The van der Waals surface area contributed by atoms with E-state index in [1.165, 1.54) is 0 Å². The Kier molecular flexibility index (Phi) is 12.4. The van der Waals surface area contributed by atoms with Gasteiger partial charge in [0.15, 0.2) is 5.96 Å². The Bertz CT molecular complexity index is 752. The van der Waals surface area contributed by atoms with Gasteiger partial charge in [0.25, 0.3) is 0 Å². The van der Waals surface area contributed by atoms with E-state index >= 15 is 0 Å². The van der Waals surface area contributed by atoms with Gasteiger partial charge in [0.1, 0.15) is 18.6 Å². The van der Waals surface area contributed by atoms with E-state index in [9.17, 15) is 28.8 Å². The molecule has 0 saturated carbocycles. The Morgan fingerprint density at radius 1 is 0.812 bits per heavy atom. The van der Waals surface area contributed by atoms with Crippen LogP contribution in [0.5, 0.6) is 0 Å². The van der Waals surface area contributed by atoms with E-state index in [4.69, 9.17) is 33.8 Å². The van der Waals surface area contributed by atoms with Gasteiger partial charge in [0, 0.05) is 6.54 Å². The fraction of sp³-hybridized carbons (Fsp3) is 0.562. The third kappa shape index (κ3) is 12.6. The molecule has 0 radical (unpaired) electrons. The molecule has 0 aliphatic carbocycles. The average Bonchev–Trinajstić information content (AvgIpc) is 2.67. The quantitative estimate of drug-likeness (QED) is 0.0634. The molecule has 16 heteroatoms. The fourth-order valence-corrected chi connectivity index (χ4v) is 2.31. The highest BCUT2D eigenvalue weighted by Crippen LogP contribution is 2.01. The minimum atomic E-state index is -1.56. The Morgan fingerprint density at radius 3 is 1.78 bits per heavy atom. The Balaban J connectivity index is 5.18. The average molecular weight is 459 g/mol. The van der Waals surface area contributed by atoms with Gasteiger partial charge >= 0.3 is 5.97 Å². The largest absolute Gasteiger partial charge is 0.480 e. The number of carbonyl (C=O) groups is 6. The lowest BCUT2D eigenvalue weighted by Gasteiger charge is -2.23. The summed E-state index contributed by atoms with van der Waals surface area (Å²) in [4.78, 5) is 73.7. The van der Waals surface area contributed by atoms with Gasteiger partial charge in [-0.2, -0.15) is 0 Å². The van der Waals surface area contributed by atoms with Crippen molar-refractivity contribution in [3.05, 3.63) is 0 Å². The second kappa shape index (κ2) is 14.1. The topological polar surface area (TPSA) is 301 Å². The zero-order chi connectivity index (χ0) is 24.8. The van der Waals surface area contributed by atoms with Crippen molar-refractivity contribution in [1.29, 1.82) is 0 Å². The number of hydrogen-bond acceptors (Lipinski definition) is 8. The van der Waals surface area contributed by atoms with Crippen LogP contribution in [0.4, 0.5) is 0 Å². The first-order chi connectivity index (χ1) is 14.8. The van der Waals surface area contributed by atoms with E-state index in [1.807, 2.05) is 5.32 Å². The van der Waals surface area contributed by atoms with E-state index in [2.05, 4.69) is 15.6 Å². The summed E-state index contributed by atoms with van der Waals surface area (Å²) in [5.74, 6) is -6.26. The lowest BCUT2D eigenvalue weighted by Crippen LogP contribution is -2.57. The van der Waals surface area contributed by atoms with Crippen molar-refractivity contribution in [1.82, 2.24) is 16.0 Å². The molecular formula is C16H29N9O7. The molecule has 14 N–H and O–H groups in total. The molecular weight excluding hydrogens is 430 g/mol. The SMILES string of the molecule is NC(=O)CC(NC(=O)C(N)CCCN=C(N)N)C(=O)NC(CC(N)=O)C(=O)NCC(=O)O. The highest BCUT2D eigenvalue weighted by atomic mass is 16.4. The van der Waals surface area contributed by atoms with Crippen LogP contribution >= 0.6 is 0 Å². The van der Waals surface area contributed by atoms with Gasteiger partial charge in [-0.3, -0.25) is 33.8 Å². The summed E-state index contributed by atoms with van der Waals surface area (Å²) in [5.41, 5.74) is 26.3. The molecule has 32 heavy (non-hydrogen) atoms. The maximum absolute atomic E-state index is 12.5. The molecule has 0 heterocycles. The van der Waals surface area contributed by atoms with E-state index in [0.29, 0.717) is 6.42 Å². The van der Waals surface area contributed by atoms with Gasteiger partial charge in [-0.1, -0.05) is 0 Å². The molecule has 0 spiro atoms. The van der Waals surface area contributed by atoms with Crippen LogP contribution in [0, 0.1) is 0 Å². The molecule has 0 fully saturated rings. The summed E-state index contributed by atoms with van der Waals surface area (Å²) in [6.07, 6.45) is -0.809. The maximum atomic E-state index is 12.5. The number of guanidine groups is 1. The summed E-state index contributed by atoms with van der Waals surface area (Å²) in [7, 11) is 0. The number of nitrogens with one attached hydrogen (secondary N) is 3. The summed E-state index contributed by atoms with van der Waals surface area (Å²) in [6.45, 7) is -0.561. The van der Waals surface area contributed by atoms with Gasteiger partial charge in [-0.05, 0) is 12.8 Å². The maximum Gasteiger partial charge on any atom is 0.322 e. The first kappa shape index (κ1) is 28.0. The minimum absolute atomic E-state index is 0.126. The number of primary amides is 2. The standard InChI is InChI=1S/C16H29N9O7/c17-7(2-1-3-22-16(20)21)13(30)24-9(5-11(19)27)15(32)25-8(4-10(18)26)14(31)23-6-12(28)29/h7-9H,1-6,17H2,(H2,18,26)(H2,19,27)(H,23,31)(H,24,30)(H,25,32)(H,28,29)(H4,20,21,22). The van der Waals surface area contributed by atoms with Gasteiger partial charge in [-0.25, -0.2) is 0 Å². The highest BCUT2D eigenvalue weighted by molar-refractivity contribution is 5.97. The third-order valence-electron chi connectivity index (χ3n) is 3.79. The molecule has 0 aromatic rings. The molecule has 3 unspecified atom stereocenters. The number of nitrogens with zero attached hydrogens (tertiary/aromatic N) is 1. The monoisotopic (exact) mass is 459 g/mol. The normalized spacial score (nSPS) is 13.0. The van der Waals surface area contributed by atoms with Crippen molar-refractivity contribution in [2.75, 3.05) is 13.1 Å². The number of carbonyl (C=O) groups excluding carboxylic acids is 5. The highest BCUT2D eigenvalue weighted by Gasteiger charge is 2.30. The van der Waals surface area contributed by atoms with Gasteiger partial charge in [0.2, 0.25) is 29.5 Å². The Morgan fingerprint density at radius 2 is 1.31 bits per heavy atom. The molecule has 0 rings (SSSR count). The van der Waals surface area contributed by atoms with Crippen LogP contribution in [0.15, 0.2) is 4.99 Å². The zero-order valence-electron chi connectivity index (χ0n) is 17.2. The van der Waals surface area contributed by atoms with Crippen molar-refractivity contribution >= 4 is 41.5 Å². The molecule has 0 aliphatic heterocycles. The van der Waals surface area contributed by atoms with Gasteiger partial charge in [0.05, 0.1) is 18.9 Å². The first-order valence-electron chi connectivity index (χ1n) is 9.31. The van der Waals surface area contributed by atoms with Crippen LogP contribution in [0.2, 0.25) is 0 Å². The van der Waals surface area contributed by atoms with Crippen LogP contribution in [0.25, 0.3) is 0 Å². The lowest BCUT2D eigenvalue weighted by atomic mass is 10.1. The fourth-order valence-electron chi connectivity index (χ4n) is 2.31. The number of hydrogen-bond donors (Lipinski definition) is 9. The number of carboxylic acid groups (broad SMARTS) is 1. The number of nitrogens with two attached hydrogens (primary N) is 5. The zero-order valence-corrected chi connectivity index (χ0v) is 17.2. The number of rotatable bonds is 15. The van der Waals surface area contributed by atoms with Gasteiger partial charge < -0.3 is 49.7 Å². The molecule has 180 valence electrons. The van der Waals surface area contributed by atoms with Crippen LogP contribution < -0.4 is 44.6 Å². The molecule has 0 aromatic carbocycles. The van der Waals surface area contributed by atoms with E-state index < -0.39 is 73.0 Å². The van der Waals surface area contributed by atoms with Crippen molar-refractivity contribution in [2.45, 2.75) is 43.8 Å².